The molecule has 0 spiro atoms. The van der Waals surface area contributed by atoms with Gasteiger partial charge < -0.3 is 9.84 Å². The maximum absolute atomic E-state index is 8.80. The van der Waals surface area contributed by atoms with Crippen molar-refractivity contribution in [2.75, 3.05) is 13.7 Å². The first-order valence-corrected chi connectivity index (χ1v) is 5.56. The molecule has 1 aromatic carbocycles. The van der Waals surface area contributed by atoms with Crippen molar-refractivity contribution in [3.8, 4) is 5.75 Å². The Balaban J connectivity index is 2.65. The van der Waals surface area contributed by atoms with Crippen molar-refractivity contribution < 1.29 is 9.84 Å². The van der Waals surface area contributed by atoms with E-state index in [9.17, 15) is 0 Å². The Bertz CT molecular complexity index is 276. The molecule has 0 aliphatic rings. The van der Waals surface area contributed by atoms with Gasteiger partial charge in [-0.25, -0.2) is 0 Å². The van der Waals surface area contributed by atoms with Crippen molar-refractivity contribution in [3.05, 3.63) is 24.3 Å². The van der Waals surface area contributed by atoms with Crippen molar-refractivity contribution in [2.24, 2.45) is 0 Å². The van der Waals surface area contributed by atoms with Gasteiger partial charge in [-0.2, -0.15) is 0 Å². The molecule has 0 bridgehead atoms. The average molecular weight is 212 g/mol. The zero-order chi connectivity index (χ0) is 10.4. The van der Waals surface area contributed by atoms with E-state index in [4.69, 9.17) is 9.84 Å². The molecule has 0 fully saturated rings. The van der Waals surface area contributed by atoms with Crippen LogP contribution in [0, 0.1) is 0 Å². The van der Waals surface area contributed by atoms with Gasteiger partial charge in [0.15, 0.2) is 0 Å². The van der Waals surface area contributed by atoms with Gasteiger partial charge in [-0.15, -0.1) is 11.8 Å². The maximum Gasteiger partial charge on any atom is 0.132 e. The first-order chi connectivity index (χ1) is 6.77. The van der Waals surface area contributed by atoms with E-state index in [1.165, 1.54) is 0 Å². The Kier molecular flexibility index (Phi) is 4.84. The average Bonchev–Trinajstić information content (AvgIpc) is 2.19. The molecule has 14 heavy (non-hydrogen) atoms. The summed E-state index contributed by atoms with van der Waals surface area (Å²) in [4.78, 5) is 1.14. The number of thioether (sulfide) groups is 1. The minimum absolute atomic E-state index is 0.239. The Labute approximate surface area is 89.3 Å². The molecule has 2 nitrogen and oxygen atoms in total. The first-order valence-electron chi connectivity index (χ1n) is 4.68. The minimum atomic E-state index is 0.239. The van der Waals surface area contributed by atoms with Crippen LogP contribution in [0.5, 0.6) is 5.75 Å². The van der Waals surface area contributed by atoms with Crippen LogP contribution in [0.2, 0.25) is 0 Å². The summed E-state index contributed by atoms with van der Waals surface area (Å²) in [5.41, 5.74) is 0. The van der Waals surface area contributed by atoms with Gasteiger partial charge in [0.25, 0.3) is 0 Å². The molecule has 1 N–H and O–H groups in total. The molecule has 0 radical (unpaired) electrons. The first kappa shape index (κ1) is 11.4. The molecule has 1 rings (SSSR count). The van der Waals surface area contributed by atoms with Gasteiger partial charge in [0.05, 0.1) is 7.11 Å². The Morgan fingerprint density at radius 2 is 2.14 bits per heavy atom. The lowest BCUT2D eigenvalue weighted by Crippen LogP contribution is -1.99. The number of hydrogen-bond donors (Lipinski definition) is 1. The molecular formula is C11H16O2S. The smallest absolute Gasteiger partial charge is 0.132 e. The van der Waals surface area contributed by atoms with Gasteiger partial charge in [-0.3, -0.25) is 0 Å². The van der Waals surface area contributed by atoms with E-state index in [2.05, 4.69) is 6.92 Å². The highest BCUT2D eigenvalue weighted by Crippen LogP contribution is 2.32. The van der Waals surface area contributed by atoms with E-state index in [1.54, 1.807) is 18.9 Å². The van der Waals surface area contributed by atoms with Crippen LogP contribution in [-0.2, 0) is 0 Å². The zero-order valence-electron chi connectivity index (χ0n) is 8.56. The normalized spacial score (nSPS) is 12.5. The fourth-order valence-corrected chi connectivity index (χ4v) is 2.26. The van der Waals surface area contributed by atoms with E-state index in [1.807, 2.05) is 24.3 Å². The number of aliphatic hydroxyl groups is 1. The summed E-state index contributed by atoms with van der Waals surface area (Å²) >= 11 is 1.73. The number of benzene rings is 1. The summed E-state index contributed by atoms with van der Waals surface area (Å²) in [6.45, 7) is 2.34. The van der Waals surface area contributed by atoms with Crippen LogP contribution < -0.4 is 4.74 Å². The van der Waals surface area contributed by atoms with Crippen LogP contribution in [-0.4, -0.2) is 24.1 Å². The quantitative estimate of drug-likeness (QED) is 0.761. The Hall–Kier alpha value is -0.670. The molecule has 0 heterocycles. The van der Waals surface area contributed by atoms with Crippen LogP contribution in [0.3, 0.4) is 0 Å². The Morgan fingerprint density at radius 3 is 2.79 bits per heavy atom. The third kappa shape index (κ3) is 3.24. The zero-order valence-corrected chi connectivity index (χ0v) is 9.38. The van der Waals surface area contributed by atoms with Crippen LogP contribution in [0.15, 0.2) is 29.2 Å². The van der Waals surface area contributed by atoms with E-state index in [0.717, 1.165) is 17.1 Å². The fraction of sp³-hybridized carbons (Fsp3) is 0.455. The van der Waals surface area contributed by atoms with Gasteiger partial charge in [0.2, 0.25) is 0 Å². The predicted octanol–water partition coefficient (Wildman–Crippen LogP) is 2.56. The molecule has 0 saturated heterocycles. The fourth-order valence-electron chi connectivity index (χ4n) is 1.17. The lowest BCUT2D eigenvalue weighted by Gasteiger charge is -2.12. The van der Waals surface area contributed by atoms with Crippen LogP contribution in [0.1, 0.15) is 13.3 Å². The summed E-state index contributed by atoms with van der Waals surface area (Å²) < 4.78 is 5.24. The number of ether oxygens (including phenoxy) is 1. The van der Waals surface area contributed by atoms with Gasteiger partial charge in [-0.1, -0.05) is 19.1 Å². The van der Waals surface area contributed by atoms with Gasteiger partial charge in [0, 0.05) is 16.8 Å². The number of methoxy groups -OCH3 is 1. The number of aliphatic hydroxyl groups excluding tert-OH is 1. The van der Waals surface area contributed by atoms with Gasteiger partial charge >= 0.3 is 0 Å². The molecule has 0 aliphatic carbocycles. The second-order valence-corrected chi connectivity index (χ2v) is 4.57. The molecule has 78 valence electrons. The van der Waals surface area contributed by atoms with E-state index >= 15 is 0 Å². The van der Waals surface area contributed by atoms with Crippen molar-refractivity contribution >= 4 is 11.8 Å². The molecule has 0 aromatic heterocycles. The summed E-state index contributed by atoms with van der Waals surface area (Å²) in [5.74, 6) is 0.905. The van der Waals surface area contributed by atoms with Crippen LogP contribution in [0.4, 0.5) is 0 Å². The third-order valence-electron chi connectivity index (χ3n) is 1.93. The van der Waals surface area contributed by atoms with E-state index in [0.29, 0.717) is 5.25 Å². The summed E-state index contributed by atoms with van der Waals surface area (Å²) in [5, 5.41) is 9.21. The summed E-state index contributed by atoms with van der Waals surface area (Å²) in [7, 11) is 1.68. The SMILES string of the molecule is COc1ccccc1SC(C)CCO. The second-order valence-electron chi connectivity index (χ2n) is 3.09. The van der Waals surface area contributed by atoms with Gasteiger partial charge in [0.1, 0.15) is 5.75 Å². The number of rotatable bonds is 5. The van der Waals surface area contributed by atoms with Crippen molar-refractivity contribution in [3.63, 3.8) is 0 Å². The van der Waals surface area contributed by atoms with Crippen LogP contribution >= 0.6 is 11.8 Å². The molecule has 0 amide bonds. The van der Waals surface area contributed by atoms with E-state index < -0.39 is 0 Å². The van der Waals surface area contributed by atoms with Gasteiger partial charge in [-0.05, 0) is 18.6 Å². The molecule has 1 aromatic rings. The minimum Gasteiger partial charge on any atom is -0.496 e. The predicted molar refractivity (Wildman–Crippen MR) is 60.0 cm³/mol. The molecule has 0 saturated carbocycles. The lowest BCUT2D eigenvalue weighted by molar-refractivity contribution is 0.289. The largest absolute Gasteiger partial charge is 0.496 e. The monoisotopic (exact) mass is 212 g/mol. The van der Waals surface area contributed by atoms with Crippen molar-refractivity contribution in [2.45, 2.75) is 23.5 Å². The highest BCUT2D eigenvalue weighted by molar-refractivity contribution is 8.00. The standard InChI is InChI=1S/C11H16O2S/c1-9(7-8-12)14-11-6-4-3-5-10(11)13-2/h3-6,9,12H,7-8H2,1-2H3. The topological polar surface area (TPSA) is 29.5 Å². The number of hydrogen-bond acceptors (Lipinski definition) is 3. The molecule has 1 atom stereocenters. The van der Waals surface area contributed by atoms with Crippen LogP contribution in [0.25, 0.3) is 0 Å². The highest BCUT2D eigenvalue weighted by Gasteiger charge is 2.07. The maximum atomic E-state index is 8.80. The Morgan fingerprint density at radius 1 is 1.43 bits per heavy atom. The summed E-state index contributed by atoms with van der Waals surface area (Å²) in [6.07, 6.45) is 0.808. The highest BCUT2D eigenvalue weighted by atomic mass is 32.2. The van der Waals surface area contributed by atoms with Crippen molar-refractivity contribution in [1.29, 1.82) is 0 Å². The number of para-hydroxylation sites is 1. The summed E-state index contributed by atoms with van der Waals surface area (Å²) in [6, 6.07) is 7.95. The molecule has 0 aliphatic heterocycles. The van der Waals surface area contributed by atoms with Crippen molar-refractivity contribution in [1.82, 2.24) is 0 Å². The molecular weight excluding hydrogens is 196 g/mol. The molecule has 1 unspecified atom stereocenters. The lowest BCUT2D eigenvalue weighted by atomic mass is 10.3. The second kappa shape index (κ2) is 5.94. The van der Waals surface area contributed by atoms with E-state index in [-0.39, 0.29) is 6.61 Å². The molecule has 3 heteroatoms. The third-order valence-corrected chi connectivity index (χ3v) is 3.16.